The van der Waals surface area contributed by atoms with Crippen molar-refractivity contribution in [2.75, 3.05) is 16.8 Å². The Morgan fingerprint density at radius 3 is 2.62 bits per heavy atom. The van der Waals surface area contributed by atoms with Crippen molar-refractivity contribution in [1.82, 2.24) is 0 Å². The molecule has 0 aromatic heterocycles. The van der Waals surface area contributed by atoms with Crippen molar-refractivity contribution >= 4 is 29.2 Å². The fraction of sp³-hybridized carbons (Fsp3) is 0.471. The molecule has 1 heterocycles. The lowest BCUT2D eigenvalue weighted by molar-refractivity contribution is -0.116. The molecule has 0 atom stereocenters. The van der Waals surface area contributed by atoms with Crippen LogP contribution in [-0.4, -0.2) is 30.5 Å². The van der Waals surface area contributed by atoms with Crippen molar-refractivity contribution in [2.45, 2.75) is 44.7 Å². The second-order valence-corrected chi connectivity index (χ2v) is 6.42. The zero-order valence-electron chi connectivity index (χ0n) is 14.2. The van der Waals surface area contributed by atoms with Crippen LogP contribution in [0.5, 0.6) is 0 Å². The monoisotopic (exact) mass is 328 g/mol. The Kier molecular flexibility index (Phi) is 4.17. The van der Waals surface area contributed by atoms with Crippen LogP contribution in [0.1, 0.15) is 39.0 Å². The van der Waals surface area contributed by atoms with Crippen LogP contribution < -0.4 is 21.3 Å². The molecule has 1 aliphatic heterocycles. The van der Waals surface area contributed by atoms with E-state index in [2.05, 4.69) is 9.98 Å². The lowest BCUT2D eigenvalue weighted by Crippen LogP contribution is -2.58. The minimum absolute atomic E-state index is 0.0259. The van der Waals surface area contributed by atoms with Crippen LogP contribution in [0.25, 0.3) is 0 Å². The van der Waals surface area contributed by atoms with E-state index < -0.39 is 5.66 Å². The number of nitrogens with zero attached hydrogens (tertiary/aromatic N) is 4. The number of amides is 1. The van der Waals surface area contributed by atoms with Crippen LogP contribution in [0.2, 0.25) is 0 Å². The number of anilines is 2. The molecular formula is C17H24N6O. The Bertz CT molecular complexity index is 705. The van der Waals surface area contributed by atoms with Gasteiger partial charge in [-0.15, -0.1) is 0 Å². The summed E-state index contributed by atoms with van der Waals surface area (Å²) in [4.78, 5) is 24.1. The fourth-order valence-electron chi connectivity index (χ4n) is 3.52. The molecule has 1 aliphatic carbocycles. The molecule has 1 aromatic rings. The average molecular weight is 328 g/mol. The number of guanidine groups is 2. The van der Waals surface area contributed by atoms with E-state index in [9.17, 15) is 4.79 Å². The van der Waals surface area contributed by atoms with Gasteiger partial charge in [-0.1, -0.05) is 12.5 Å². The van der Waals surface area contributed by atoms with Gasteiger partial charge in [0.2, 0.25) is 17.8 Å². The molecule has 1 saturated carbocycles. The van der Waals surface area contributed by atoms with E-state index in [4.69, 9.17) is 11.5 Å². The topological polar surface area (TPSA) is 100 Å². The van der Waals surface area contributed by atoms with Gasteiger partial charge in [0.25, 0.3) is 0 Å². The molecule has 1 aromatic carbocycles. The van der Waals surface area contributed by atoms with Gasteiger partial charge in [-0.2, -0.15) is 4.99 Å². The maximum Gasteiger partial charge on any atom is 0.223 e. The zero-order chi connectivity index (χ0) is 17.3. The molecular weight excluding hydrogens is 304 g/mol. The Hall–Kier alpha value is -2.57. The SMILES string of the molecule is CC(=O)N(C)c1cccc(N2C(N)=NC(N)=NC23CCCCC3)c1. The number of nitrogens with two attached hydrogens (primary N) is 2. The van der Waals surface area contributed by atoms with Crippen LogP contribution in [-0.2, 0) is 4.79 Å². The molecule has 0 radical (unpaired) electrons. The Morgan fingerprint density at radius 1 is 1.25 bits per heavy atom. The molecule has 2 aliphatic rings. The quantitative estimate of drug-likeness (QED) is 0.864. The smallest absolute Gasteiger partial charge is 0.223 e. The third-order valence-corrected chi connectivity index (χ3v) is 4.80. The highest BCUT2D eigenvalue weighted by molar-refractivity contribution is 6.06. The summed E-state index contributed by atoms with van der Waals surface area (Å²) in [6.07, 6.45) is 5.11. The van der Waals surface area contributed by atoms with Crippen LogP contribution in [0.15, 0.2) is 34.3 Å². The lowest BCUT2D eigenvalue weighted by atomic mass is 9.87. The predicted molar refractivity (Wildman–Crippen MR) is 97.1 cm³/mol. The van der Waals surface area contributed by atoms with Crippen molar-refractivity contribution in [3.63, 3.8) is 0 Å². The van der Waals surface area contributed by atoms with Crippen molar-refractivity contribution in [1.29, 1.82) is 0 Å². The molecule has 4 N–H and O–H groups in total. The van der Waals surface area contributed by atoms with E-state index in [0.29, 0.717) is 5.96 Å². The standard InChI is InChI=1S/C17H24N6O/c1-12(24)22(2)13-7-6-8-14(11-13)23-16(19)20-15(18)21-17(23)9-4-3-5-10-17/h6-8,11H,3-5,9-10H2,1-2H3,(H4,18,19,20,21). The minimum atomic E-state index is -0.471. The molecule has 1 spiro atoms. The molecule has 0 unspecified atom stereocenters. The molecule has 1 fully saturated rings. The predicted octanol–water partition coefficient (Wildman–Crippen LogP) is 1.78. The second kappa shape index (κ2) is 6.14. The van der Waals surface area contributed by atoms with Crippen molar-refractivity contribution in [2.24, 2.45) is 21.5 Å². The molecule has 0 saturated heterocycles. The average Bonchev–Trinajstić information content (AvgIpc) is 2.54. The second-order valence-electron chi connectivity index (χ2n) is 6.42. The van der Waals surface area contributed by atoms with Gasteiger partial charge in [0.05, 0.1) is 0 Å². The third-order valence-electron chi connectivity index (χ3n) is 4.80. The normalized spacial score (nSPS) is 19.7. The molecule has 7 heteroatoms. The molecule has 0 bridgehead atoms. The highest BCUT2D eigenvalue weighted by Crippen LogP contribution is 2.40. The van der Waals surface area contributed by atoms with E-state index in [-0.39, 0.29) is 11.9 Å². The molecule has 3 rings (SSSR count). The van der Waals surface area contributed by atoms with Crippen molar-refractivity contribution < 1.29 is 4.79 Å². The Balaban J connectivity index is 2.04. The summed E-state index contributed by atoms with van der Waals surface area (Å²) >= 11 is 0. The third kappa shape index (κ3) is 2.81. The van der Waals surface area contributed by atoms with Crippen molar-refractivity contribution in [3.05, 3.63) is 24.3 Å². The van der Waals surface area contributed by atoms with Crippen LogP contribution in [0, 0.1) is 0 Å². The number of rotatable bonds is 2. The van der Waals surface area contributed by atoms with Gasteiger partial charge in [0.1, 0.15) is 5.66 Å². The molecule has 1 amide bonds. The van der Waals surface area contributed by atoms with Crippen LogP contribution >= 0.6 is 0 Å². The molecule has 7 nitrogen and oxygen atoms in total. The number of aliphatic imine (C=N–C) groups is 2. The number of carbonyl (C=O) groups is 1. The summed E-state index contributed by atoms with van der Waals surface area (Å²) in [6.45, 7) is 1.54. The van der Waals surface area contributed by atoms with Gasteiger partial charge in [0, 0.05) is 25.3 Å². The minimum Gasteiger partial charge on any atom is -0.369 e. The summed E-state index contributed by atoms with van der Waals surface area (Å²) < 4.78 is 0. The number of benzene rings is 1. The summed E-state index contributed by atoms with van der Waals surface area (Å²) in [5, 5.41) is 0. The van der Waals surface area contributed by atoms with Gasteiger partial charge in [0.15, 0.2) is 0 Å². The summed E-state index contributed by atoms with van der Waals surface area (Å²) in [5.41, 5.74) is 13.3. The van der Waals surface area contributed by atoms with E-state index in [1.165, 1.54) is 13.3 Å². The van der Waals surface area contributed by atoms with Gasteiger partial charge in [-0.05, 0) is 43.9 Å². The maximum atomic E-state index is 11.7. The first-order valence-electron chi connectivity index (χ1n) is 8.27. The van der Waals surface area contributed by atoms with Gasteiger partial charge >= 0.3 is 0 Å². The first-order valence-corrected chi connectivity index (χ1v) is 8.27. The van der Waals surface area contributed by atoms with E-state index in [1.54, 1.807) is 11.9 Å². The largest absolute Gasteiger partial charge is 0.369 e. The molecule has 128 valence electrons. The van der Waals surface area contributed by atoms with Gasteiger partial charge in [-0.25, -0.2) is 4.99 Å². The number of carbonyl (C=O) groups excluding carboxylic acids is 1. The molecule has 24 heavy (non-hydrogen) atoms. The highest BCUT2D eigenvalue weighted by Gasteiger charge is 2.42. The van der Waals surface area contributed by atoms with E-state index in [0.717, 1.165) is 37.1 Å². The summed E-state index contributed by atoms with van der Waals surface area (Å²) in [6, 6.07) is 7.72. The highest BCUT2D eigenvalue weighted by atomic mass is 16.2. The summed E-state index contributed by atoms with van der Waals surface area (Å²) in [5.74, 6) is 0.566. The van der Waals surface area contributed by atoms with Gasteiger partial charge < -0.3 is 16.4 Å². The Labute approximate surface area is 142 Å². The van der Waals surface area contributed by atoms with E-state index >= 15 is 0 Å². The van der Waals surface area contributed by atoms with Crippen molar-refractivity contribution in [3.8, 4) is 0 Å². The van der Waals surface area contributed by atoms with Crippen LogP contribution in [0.4, 0.5) is 11.4 Å². The Morgan fingerprint density at radius 2 is 1.96 bits per heavy atom. The number of hydrogen-bond donors (Lipinski definition) is 2. The van der Waals surface area contributed by atoms with Crippen LogP contribution in [0.3, 0.4) is 0 Å². The van der Waals surface area contributed by atoms with E-state index in [1.807, 2.05) is 29.2 Å². The first kappa shape index (κ1) is 16.3. The van der Waals surface area contributed by atoms with Gasteiger partial charge in [-0.3, -0.25) is 9.69 Å². The zero-order valence-corrected chi connectivity index (χ0v) is 14.2. The first-order chi connectivity index (χ1) is 11.4. The maximum absolute atomic E-state index is 11.7. The number of hydrogen-bond acceptors (Lipinski definition) is 6. The lowest BCUT2D eigenvalue weighted by Gasteiger charge is -2.45. The fourth-order valence-corrected chi connectivity index (χ4v) is 3.52. The summed E-state index contributed by atoms with van der Waals surface area (Å²) in [7, 11) is 1.75.